The van der Waals surface area contributed by atoms with Gasteiger partial charge < -0.3 is 10.2 Å². The number of halogens is 2. The predicted molar refractivity (Wildman–Crippen MR) is 88.2 cm³/mol. The van der Waals surface area contributed by atoms with Crippen molar-refractivity contribution in [3.8, 4) is 0 Å². The van der Waals surface area contributed by atoms with Gasteiger partial charge in [0, 0.05) is 7.14 Å². The standard InChI is InChI=1S/C14H12I2O2/c15-11-7-3-1-5-9(11)13(17)14(18)10-6-2-4-8-12(10)16/h1-8,13-14,17-18H/t13-,14-/m1/s1. The number of rotatable bonds is 3. The molecule has 0 heterocycles. The van der Waals surface area contributed by atoms with Gasteiger partial charge in [0.05, 0.1) is 0 Å². The van der Waals surface area contributed by atoms with E-state index in [2.05, 4.69) is 45.2 Å². The summed E-state index contributed by atoms with van der Waals surface area (Å²) in [5.41, 5.74) is 1.51. The minimum absolute atomic E-state index is 0.755. The zero-order valence-corrected chi connectivity index (χ0v) is 13.7. The van der Waals surface area contributed by atoms with Crippen LogP contribution in [0, 0.1) is 7.14 Å². The molecule has 0 aliphatic heterocycles. The molecule has 4 heteroatoms. The molecule has 0 fully saturated rings. The fraction of sp³-hybridized carbons (Fsp3) is 0.143. The highest BCUT2D eigenvalue weighted by atomic mass is 127. The van der Waals surface area contributed by atoms with Crippen molar-refractivity contribution in [3.05, 3.63) is 66.8 Å². The monoisotopic (exact) mass is 466 g/mol. The van der Waals surface area contributed by atoms with Gasteiger partial charge in [-0.3, -0.25) is 0 Å². The SMILES string of the molecule is O[C@H](c1ccccc1I)[C@H](O)c1ccccc1I. The molecule has 0 bridgehead atoms. The molecule has 0 unspecified atom stereocenters. The number of hydrogen-bond acceptors (Lipinski definition) is 2. The summed E-state index contributed by atoms with van der Waals surface area (Å²) >= 11 is 4.33. The van der Waals surface area contributed by atoms with E-state index in [1.54, 1.807) is 0 Å². The van der Waals surface area contributed by atoms with Crippen LogP contribution in [0.1, 0.15) is 23.3 Å². The molecule has 0 aromatic heterocycles. The lowest BCUT2D eigenvalue weighted by molar-refractivity contribution is 0.0163. The van der Waals surface area contributed by atoms with Crippen LogP contribution in [0.25, 0.3) is 0 Å². The predicted octanol–water partition coefficient (Wildman–Crippen LogP) is 3.66. The number of aliphatic hydroxyl groups is 2. The number of hydrogen-bond donors (Lipinski definition) is 2. The summed E-state index contributed by atoms with van der Waals surface area (Å²) in [6, 6.07) is 15.1. The van der Waals surface area contributed by atoms with Crippen molar-refractivity contribution in [1.29, 1.82) is 0 Å². The first kappa shape index (κ1) is 14.2. The molecule has 0 amide bonds. The molecule has 2 atom stereocenters. The molecule has 2 N–H and O–H groups in total. The van der Waals surface area contributed by atoms with Crippen molar-refractivity contribution in [2.75, 3.05) is 0 Å². The molecule has 0 radical (unpaired) electrons. The summed E-state index contributed by atoms with van der Waals surface area (Å²) in [5.74, 6) is 0. The van der Waals surface area contributed by atoms with Gasteiger partial charge >= 0.3 is 0 Å². The van der Waals surface area contributed by atoms with Crippen molar-refractivity contribution in [1.82, 2.24) is 0 Å². The van der Waals surface area contributed by atoms with E-state index in [9.17, 15) is 10.2 Å². The maximum Gasteiger partial charge on any atom is 0.110 e. The first-order valence-corrected chi connectivity index (χ1v) is 7.62. The lowest BCUT2D eigenvalue weighted by Gasteiger charge is -2.20. The van der Waals surface area contributed by atoms with E-state index >= 15 is 0 Å². The molecule has 2 aromatic rings. The van der Waals surface area contributed by atoms with E-state index < -0.39 is 12.2 Å². The van der Waals surface area contributed by atoms with E-state index in [1.807, 2.05) is 48.5 Å². The molecule has 18 heavy (non-hydrogen) atoms. The van der Waals surface area contributed by atoms with Gasteiger partial charge in [-0.2, -0.15) is 0 Å². The molecule has 0 aliphatic carbocycles. The Labute approximate surface area is 133 Å². The number of benzene rings is 2. The third-order valence-corrected chi connectivity index (χ3v) is 4.71. The smallest absolute Gasteiger partial charge is 0.110 e. The molecular formula is C14H12I2O2. The summed E-state index contributed by atoms with van der Waals surface area (Å²) in [6.45, 7) is 0. The Kier molecular flexibility index (Phi) is 4.99. The fourth-order valence-corrected chi connectivity index (χ4v) is 3.18. The normalized spacial score (nSPS) is 14.2. The Morgan fingerprint density at radius 1 is 0.667 bits per heavy atom. The van der Waals surface area contributed by atoms with Crippen molar-refractivity contribution in [2.45, 2.75) is 12.2 Å². The van der Waals surface area contributed by atoms with Crippen LogP contribution in [0.3, 0.4) is 0 Å². The van der Waals surface area contributed by atoms with E-state index in [0.717, 1.165) is 18.3 Å². The van der Waals surface area contributed by atoms with Crippen LogP contribution in [0.2, 0.25) is 0 Å². The summed E-state index contributed by atoms with van der Waals surface area (Å²) in [5, 5.41) is 20.6. The van der Waals surface area contributed by atoms with Crippen molar-refractivity contribution < 1.29 is 10.2 Å². The van der Waals surface area contributed by atoms with Gasteiger partial charge in [0.2, 0.25) is 0 Å². The maximum atomic E-state index is 10.3. The Morgan fingerprint density at radius 3 is 1.33 bits per heavy atom. The third kappa shape index (κ3) is 3.04. The van der Waals surface area contributed by atoms with E-state index in [0.29, 0.717) is 0 Å². The van der Waals surface area contributed by atoms with Gasteiger partial charge in [0.15, 0.2) is 0 Å². The summed E-state index contributed by atoms with van der Waals surface area (Å²) < 4.78 is 1.90. The second-order valence-electron chi connectivity index (χ2n) is 3.93. The molecule has 2 aromatic carbocycles. The Balaban J connectivity index is 2.33. The topological polar surface area (TPSA) is 40.5 Å². The quantitative estimate of drug-likeness (QED) is 0.679. The fourth-order valence-electron chi connectivity index (χ4n) is 1.77. The molecule has 2 nitrogen and oxygen atoms in total. The van der Waals surface area contributed by atoms with Crippen LogP contribution in [0.4, 0.5) is 0 Å². The second kappa shape index (κ2) is 6.31. The molecule has 0 spiro atoms. The van der Waals surface area contributed by atoms with Crippen molar-refractivity contribution in [2.24, 2.45) is 0 Å². The molecule has 94 valence electrons. The molecular weight excluding hydrogens is 454 g/mol. The Hall–Kier alpha value is -0.180. The lowest BCUT2D eigenvalue weighted by Crippen LogP contribution is -2.12. The van der Waals surface area contributed by atoms with Gasteiger partial charge in [-0.05, 0) is 68.4 Å². The first-order valence-electron chi connectivity index (χ1n) is 5.46. The summed E-state index contributed by atoms with van der Waals surface area (Å²) in [7, 11) is 0. The molecule has 0 aliphatic rings. The van der Waals surface area contributed by atoms with Gasteiger partial charge in [-0.15, -0.1) is 0 Å². The first-order chi connectivity index (χ1) is 8.61. The number of aliphatic hydroxyl groups excluding tert-OH is 2. The Bertz CT molecular complexity index is 493. The second-order valence-corrected chi connectivity index (χ2v) is 6.26. The minimum Gasteiger partial charge on any atom is -0.385 e. The van der Waals surface area contributed by atoms with Crippen LogP contribution in [0.15, 0.2) is 48.5 Å². The van der Waals surface area contributed by atoms with E-state index in [4.69, 9.17) is 0 Å². The summed E-state index contributed by atoms with van der Waals surface area (Å²) in [6.07, 6.45) is -1.82. The van der Waals surface area contributed by atoms with Crippen LogP contribution >= 0.6 is 45.2 Å². The van der Waals surface area contributed by atoms with Crippen molar-refractivity contribution in [3.63, 3.8) is 0 Å². The highest BCUT2D eigenvalue weighted by Gasteiger charge is 2.23. The van der Waals surface area contributed by atoms with Crippen LogP contribution in [0.5, 0.6) is 0 Å². The average Bonchev–Trinajstić information content (AvgIpc) is 2.38. The van der Waals surface area contributed by atoms with E-state index in [-0.39, 0.29) is 0 Å². The largest absolute Gasteiger partial charge is 0.385 e. The highest BCUT2D eigenvalue weighted by molar-refractivity contribution is 14.1. The summed E-state index contributed by atoms with van der Waals surface area (Å²) in [4.78, 5) is 0. The molecule has 2 rings (SSSR count). The van der Waals surface area contributed by atoms with Crippen molar-refractivity contribution >= 4 is 45.2 Å². The Morgan fingerprint density at radius 2 is 1.00 bits per heavy atom. The van der Waals surface area contributed by atoms with Crippen LogP contribution < -0.4 is 0 Å². The molecule has 0 saturated heterocycles. The van der Waals surface area contributed by atoms with E-state index in [1.165, 1.54) is 0 Å². The van der Waals surface area contributed by atoms with Crippen LogP contribution in [-0.4, -0.2) is 10.2 Å². The van der Waals surface area contributed by atoms with Gasteiger partial charge in [-0.1, -0.05) is 36.4 Å². The lowest BCUT2D eigenvalue weighted by atomic mass is 9.98. The third-order valence-electron chi connectivity index (χ3n) is 2.75. The maximum absolute atomic E-state index is 10.3. The zero-order chi connectivity index (χ0) is 13.1. The van der Waals surface area contributed by atoms with Gasteiger partial charge in [0.1, 0.15) is 12.2 Å². The molecule has 0 saturated carbocycles. The average molecular weight is 466 g/mol. The highest BCUT2D eigenvalue weighted by Crippen LogP contribution is 2.33. The zero-order valence-electron chi connectivity index (χ0n) is 9.42. The van der Waals surface area contributed by atoms with Crippen LogP contribution in [-0.2, 0) is 0 Å². The van der Waals surface area contributed by atoms with Gasteiger partial charge in [-0.25, -0.2) is 0 Å². The minimum atomic E-state index is -0.908. The van der Waals surface area contributed by atoms with Gasteiger partial charge in [0.25, 0.3) is 0 Å².